The first-order valence-electron chi connectivity index (χ1n) is 23.5. The predicted molar refractivity (Wildman–Crippen MR) is 255 cm³/mol. The van der Waals surface area contributed by atoms with Crippen LogP contribution in [0.1, 0.15) is 98.0 Å². The maximum Gasteiger partial charge on any atom is 0.245 e. The second kappa shape index (κ2) is 26.7. The number of aromatic hydroxyl groups is 1. The summed E-state index contributed by atoms with van der Waals surface area (Å²) in [5.74, 6) is -11.7. The average Bonchev–Trinajstić information content (AvgIpc) is 4.13. The Morgan fingerprint density at radius 3 is 1.96 bits per heavy atom. The number of phenols is 1. The zero-order chi connectivity index (χ0) is 53.4. The van der Waals surface area contributed by atoms with Gasteiger partial charge in [-0.2, -0.15) is 0 Å². The molecular weight excluding hydrogens is 951 g/mol. The standard InChI is InChI=1S/C45H71N11O14S/c1-6-25(4)38-42(66)51-29(13-14-33(46)58)39(63)53-32(20-34(47)59)40(64)52-30(15-17-71(69,70)18-16-36(61)50-31(41(65)54-38)19-26-7-11-28(57)12-8-26)43(67)56(27-9-10-27)23-37(62)55-45(5,21-24(2)3)44(68)49-22-35(48)60/h7-8,11-12,24-25,27,29-32,36,38,50,57,61H,6,9-10,13-23H2,1-5H3,(H2,46,58)(H2,47,59)(H2,48,60)(H,49,68)(H,51,66)(H,52,64)(H,53,63)(H,54,65)(H,55,62)/t25-,29-,30-,31-,32-,36?,38-,45-/m0/s1. The third kappa shape index (κ3) is 19.7. The van der Waals surface area contributed by atoms with E-state index in [9.17, 15) is 66.6 Å². The molecule has 1 aliphatic heterocycles. The van der Waals surface area contributed by atoms with Crippen molar-refractivity contribution in [2.24, 2.45) is 29.0 Å². The van der Waals surface area contributed by atoms with Crippen molar-refractivity contribution in [3.63, 3.8) is 0 Å². The van der Waals surface area contributed by atoms with Crippen LogP contribution in [0.15, 0.2) is 24.3 Å². The van der Waals surface area contributed by atoms with Crippen molar-refractivity contribution in [2.45, 2.75) is 147 Å². The lowest BCUT2D eigenvalue weighted by Crippen LogP contribution is -2.62. The van der Waals surface area contributed by atoms with Gasteiger partial charge in [0.05, 0.1) is 37.1 Å². The van der Waals surface area contributed by atoms with Crippen LogP contribution >= 0.6 is 0 Å². The molecule has 1 saturated heterocycles. The third-order valence-electron chi connectivity index (χ3n) is 12.0. The molecule has 396 valence electrons. The Morgan fingerprint density at radius 2 is 1.39 bits per heavy atom. The summed E-state index contributed by atoms with van der Waals surface area (Å²) in [5.41, 5.74) is 15.0. The fraction of sp³-hybridized carbons (Fsp3) is 0.644. The van der Waals surface area contributed by atoms with Gasteiger partial charge in [0.2, 0.25) is 59.1 Å². The highest BCUT2D eigenvalue weighted by molar-refractivity contribution is 7.91. The molecule has 0 aromatic heterocycles. The SMILES string of the molecule is CC[C@H](C)[C@@H]1NC(=O)[C@H](Cc2ccc(O)cc2)NC(O)CCS(=O)(=O)CC[C@@H](C(=O)N(CC(=O)N[C@@](C)(CC(C)C)C(=O)NCC(N)=O)C2CC2)NC(=O)[C@H](CC(N)=O)NC(=O)[C@H](CCC(N)=O)NC1=O. The third-order valence-corrected chi connectivity index (χ3v) is 13.7. The van der Waals surface area contributed by atoms with Gasteiger partial charge >= 0.3 is 0 Å². The van der Waals surface area contributed by atoms with Gasteiger partial charge in [-0.1, -0.05) is 46.2 Å². The molecule has 1 aliphatic carbocycles. The highest BCUT2D eigenvalue weighted by Crippen LogP contribution is 2.28. The van der Waals surface area contributed by atoms with Gasteiger partial charge in [0, 0.05) is 18.9 Å². The van der Waals surface area contributed by atoms with Crippen LogP contribution in [0.2, 0.25) is 0 Å². The number of carbonyl (C=O) groups excluding carboxylic acids is 10. The lowest BCUT2D eigenvalue weighted by atomic mass is 9.89. The molecule has 1 unspecified atom stereocenters. The van der Waals surface area contributed by atoms with Crippen LogP contribution in [0, 0.1) is 11.8 Å². The zero-order valence-electron chi connectivity index (χ0n) is 40.8. The molecule has 1 saturated carbocycles. The molecule has 26 heteroatoms. The van der Waals surface area contributed by atoms with Crippen molar-refractivity contribution < 1.29 is 66.6 Å². The molecule has 3 rings (SSSR count). The predicted octanol–water partition coefficient (Wildman–Crippen LogP) is -3.94. The zero-order valence-corrected chi connectivity index (χ0v) is 41.6. The van der Waals surface area contributed by atoms with E-state index in [4.69, 9.17) is 17.2 Å². The minimum atomic E-state index is -4.23. The number of primary amides is 3. The van der Waals surface area contributed by atoms with Gasteiger partial charge < -0.3 is 64.2 Å². The molecule has 0 radical (unpaired) electrons. The smallest absolute Gasteiger partial charge is 0.245 e. The first-order valence-corrected chi connectivity index (χ1v) is 25.3. The fourth-order valence-electron chi connectivity index (χ4n) is 7.94. The highest BCUT2D eigenvalue weighted by atomic mass is 32.2. The van der Waals surface area contributed by atoms with Crippen LogP contribution in [0.25, 0.3) is 0 Å². The van der Waals surface area contributed by atoms with Crippen molar-refractivity contribution in [1.82, 2.24) is 42.1 Å². The van der Waals surface area contributed by atoms with Crippen LogP contribution in [0.4, 0.5) is 0 Å². The lowest BCUT2D eigenvalue weighted by molar-refractivity contribution is -0.142. The summed E-state index contributed by atoms with van der Waals surface area (Å²) in [7, 11) is -4.23. The molecule has 10 amide bonds. The van der Waals surface area contributed by atoms with Gasteiger partial charge in [-0.15, -0.1) is 0 Å². The molecule has 1 aromatic rings. The fourth-order valence-corrected chi connectivity index (χ4v) is 9.32. The number of aliphatic hydroxyl groups excluding tert-OH is 1. The first-order chi connectivity index (χ1) is 33.1. The molecular formula is C45H71N11O14S. The molecule has 25 nitrogen and oxygen atoms in total. The molecule has 71 heavy (non-hydrogen) atoms. The largest absolute Gasteiger partial charge is 0.508 e. The number of rotatable bonds is 19. The van der Waals surface area contributed by atoms with E-state index in [2.05, 4.69) is 37.2 Å². The van der Waals surface area contributed by atoms with E-state index in [1.54, 1.807) is 27.7 Å². The number of sulfone groups is 1. The monoisotopic (exact) mass is 1020 g/mol. The Balaban J connectivity index is 2.10. The Bertz CT molecular complexity index is 2230. The van der Waals surface area contributed by atoms with Gasteiger partial charge in [-0.3, -0.25) is 53.3 Å². The van der Waals surface area contributed by atoms with Crippen LogP contribution < -0.4 is 54.4 Å². The average molecular weight is 1020 g/mol. The van der Waals surface area contributed by atoms with Crippen LogP contribution in [-0.4, -0.2) is 155 Å². The van der Waals surface area contributed by atoms with E-state index in [0.29, 0.717) is 24.8 Å². The van der Waals surface area contributed by atoms with Gasteiger partial charge in [-0.05, 0) is 75.0 Å². The normalized spacial score (nSPS) is 24.0. The Hall–Kier alpha value is -6.41. The molecule has 0 bridgehead atoms. The number of nitrogens with two attached hydrogens (primary N) is 3. The number of benzene rings is 1. The number of aliphatic hydroxyl groups is 1. The number of phenolic OH excluding ortho intramolecular Hbond substituents is 1. The minimum Gasteiger partial charge on any atom is -0.508 e. The minimum absolute atomic E-state index is 0.0727. The number of amides is 10. The van der Waals surface area contributed by atoms with E-state index in [-0.39, 0.29) is 24.5 Å². The van der Waals surface area contributed by atoms with Crippen LogP contribution in [-0.2, 0) is 64.2 Å². The Morgan fingerprint density at radius 1 is 0.803 bits per heavy atom. The van der Waals surface area contributed by atoms with Crippen molar-refractivity contribution in [2.75, 3.05) is 24.6 Å². The van der Waals surface area contributed by atoms with E-state index in [0.717, 1.165) is 4.90 Å². The maximum atomic E-state index is 14.6. The number of hydrogen-bond acceptors (Lipinski definition) is 15. The second-order valence-corrected chi connectivity index (χ2v) is 21.2. The van der Waals surface area contributed by atoms with Gasteiger partial charge in [-0.25, -0.2) is 8.42 Å². The first kappa shape index (κ1) is 58.9. The van der Waals surface area contributed by atoms with Gasteiger partial charge in [0.25, 0.3) is 0 Å². The number of nitrogens with zero attached hydrogens (tertiary/aromatic N) is 1. The summed E-state index contributed by atoms with van der Waals surface area (Å²) < 4.78 is 27.4. The summed E-state index contributed by atoms with van der Waals surface area (Å²) in [4.78, 5) is 135. The van der Waals surface area contributed by atoms with E-state index >= 15 is 0 Å². The summed E-state index contributed by atoms with van der Waals surface area (Å²) in [6.45, 7) is 7.13. The van der Waals surface area contributed by atoms with Crippen molar-refractivity contribution >= 4 is 68.9 Å². The van der Waals surface area contributed by atoms with Gasteiger partial charge in [0.1, 0.15) is 41.7 Å². The highest BCUT2D eigenvalue weighted by Gasteiger charge is 2.42. The Kier molecular flexibility index (Phi) is 22.2. The van der Waals surface area contributed by atoms with Crippen molar-refractivity contribution in [1.29, 1.82) is 0 Å². The molecule has 15 N–H and O–H groups in total. The topological polar surface area (TPSA) is 411 Å². The van der Waals surface area contributed by atoms with E-state index < -0.39 is 180 Å². The lowest BCUT2D eigenvalue weighted by Gasteiger charge is -2.33. The van der Waals surface area contributed by atoms with E-state index in [1.165, 1.54) is 31.2 Å². The molecule has 1 aromatic carbocycles. The molecule has 8 atom stereocenters. The van der Waals surface area contributed by atoms with E-state index in [1.807, 2.05) is 0 Å². The Labute approximate surface area is 412 Å². The summed E-state index contributed by atoms with van der Waals surface area (Å²) >= 11 is 0. The number of hydrogen-bond donors (Lipinski definition) is 12. The molecule has 2 aliphatic rings. The number of carbonyl (C=O) groups is 10. The van der Waals surface area contributed by atoms with Crippen molar-refractivity contribution in [3.05, 3.63) is 29.8 Å². The second-order valence-electron chi connectivity index (χ2n) is 18.9. The number of nitrogens with one attached hydrogen (secondary N) is 7. The molecule has 1 heterocycles. The molecule has 0 spiro atoms. The quantitative estimate of drug-likeness (QED) is 0.0630. The summed E-state index contributed by atoms with van der Waals surface area (Å²) in [6, 6.07) is -2.77. The summed E-state index contributed by atoms with van der Waals surface area (Å²) in [5, 5.41) is 38.6. The molecule has 2 fully saturated rings. The maximum absolute atomic E-state index is 14.6. The summed E-state index contributed by atoms with van der Waals surface area (Å²) in [6.07, 6.45) is -3.51. The van der Waals surface area contributed by atoms with Crippen LogP contribution in [0.3, 0.4) is 0 Å². The van der Waals surface area contributed by atoms with Gasteiger partial charge in [0.15, 0.2) is 9.84 Å². The van der Waals surface area contributed by atoms with Crippen molar-refractivity contribution in [3.8, 4) is 5.75 Å². The van der Waals surface area contributed by atoms with Crippen LogP contribution in [0.5, 0.6) is 5.75 Å².